The highest BCUT2D eigenvalue weighted by atomic mass is 32.1. The highest BCUT2D eigenvalue weighted by Gasteiger charge is 2.49. The fraction of sp³-hybridized carbons (Fsp3) is 0.750. The zero-order chi connectivity index (χ0) is 13.5. The molecule has 1 unspecified atom stereocenters. The monoisotopic (exact) mass is 278 g/mol. The summed E-state index contributed by atoms with van der Waals surface area (Å²) >= 11 is 1.92. The quantitative estimate of drug-likeness (QED) is 0.898. The first-order valence-electron chi connectivity index (χ1n) is 7.59. The number of rotatable bonds is 2. The number of thiophene rings is 1. The van der Waals surface area contributed by atoms with E-state index in [2.05, 4.69) is 30.2 Å². The minimum absolute atomic E-state index is 0.213. The van der Waals surface area contributed by atoms with E-state index >= 15 is 0 Å². The Balaban J connectivity index is 1.90. The lowest BCUT2D eigenvalue weighted by Gasteiger charge is -2.57. The molecule has 0 amide bonds. The molecule has 0 spiro atoms. The standard InChI is InChI=1S/C16H26N2S/c1-15(2)7-3-4-8-16(15,12-17)18-9-5-14-13(11-18)6-10-19-14/h6,10H,3-5,7-9,11-12,17H2,1-2H3. The van der Waals surface area contributed by atoms with Gasteiger partial charge in [-0.15, -0.1) is 11.3 Å². The van der Waals surface area contributed by atoms with Gasteiger partial charge in [0.15, 0.2) is 0 Å². The molecule has 1 aromatic heterocycles. The Morgan fingerprint density at radius 2 is 2.11 bits per heavy atom. The minimum Gasteiger partial charge on any atom is -0.329 e. The van der Waals surface area contributed by atoms with Crippen molar-refractivity contribution in [2.75, 3.05) is 13.1 Å². The highest BCUT2D eigenvalue weighted by molar-refractivity contribution is 7.10. The minimum atomic E-state index is 0.213. The molecule has 1 aliphatic carbocycles. The van der Waals surface area contributed by atoms with Gasteiger partial charge < -0.3 is 5.73 Å². The number of nitrogens with two attached hydrogens (primary N) is 1. The molecule has 0 saturated heterocycles. The van der Waals surface area contributed by atoms with Crippen molar-refractivity contribution < 1.29 is 0 Å². The summed E-state index contributed by atoms with van der Waals surface area (Å²) in [6.45, 7) is 7.97. The van der Waals surface area contributed by atoms with Gasteiger partial charge in [0.25, 0.3) is 0 Å². The predicted octanol–water partition coefficient (Wildman–Crippen LogP) is 3.40. The van der Waals surface area contributed by atoms with Crippen molar-refractivity contribution in [3.63, 3.8) is 0 Å². The zero-order valence-corrected chi connectivity index (χ0v) is 13.1. The zero-order valence-electron chi connectivity index (χ0n) is 12.2. The maximum absolute atomic E-state index is 6.30. The summed E-state index contributed by atoms with van der Waals surface area (Å²) in [5.74, 6) is 0. The first kappa shape index (κ1) is 13.6. The van der Waals surface area contributed by atoms with Crippen molar-refractivity contribution >= 4 is 11.3 Å². The van der Waals surface area contributed by atoms with Crippen LogP contribution < -0.4 is 5.73 Å². The van der Waals surface area contributed by atoms with Crippen molar-refractivity contribution in [1.29, 1.82) is 0 Å². The summed E-state index contributed by atoms with van der Waals surface area (Å²) in [5.41, 5.74) is 8.40. The van der Waals surface area contributed by atoms with Crippen molar-refractivity contribution in [2.45, 2.75) is 58.0 Å². The van der Waals surface area contributed by atoms with Crippen molar-refractivity contribution in [3.8, 4) is 0 Å². The molecule has 1 aliphatic heterocycles. The molecule has 3 heteroatoms. The molecule has 2 nitrogen and oxygen atoms in total. The smallest absolute Gasteiger partial charge is 0.0386 e. The third-order valence-corrected chi connectivity index (χ3v) is 6.68. The van der Waals surface area contributed by atoms with E-state index in [1.807, 2.05) is 11.3 Å². The van der Waals surface area contributed by atoms with Crippen molar-refractivity contribution in [3.05, 3.63) is 21.9 Å². The topological polar surface area (TPSA) is 29.3 Å². The molecular weight excluding hydrogens is 252 g/mol. The number of hydrogen-bond acceptors (Lipinski definition) is 3. The van der Waals surface area contributed by atoms with E-state index < -0.39 is 0 Å². The van der Waals surface area contributed by atoms with E-state index in [4.69, 9.17) is 5.73 Å². The number of fused-ring (bicyclic) bond motifs is 1. The summed E-state index contributed by atoms with van der Waals surface area (Å²) in [4.78, 5) is 4.30. The number of nitrogens with zero attached hydrogens (tertiary/aromatic N) is 1. The Bertz CT molecular complexity index is 451. The van der Waals surface area contributed by atoms with Crippen LogP contribution in [0.4, 0.5) is 0 Å². The van der Waals surface area contributed by atoms with Crippen LogP contribution in [0.2, 0.25) is 0 Å². The van der Waals surface area contributed by atoms with Crippen LogP contribution in [0.3, 0.4) is 0 Å². The molecule has 106 valence electrons. The van der Waals surface area contributed by atoms with Crippen LogP contribution in [0.5, 0.6) is 0 Å². The van der Waals surface area contributed by atoms with Crippen molar-refractivity contribution in [2.24, 2.45) is 11.1 Å². The van der Waals surface area contributed by atoms with Gasteiger partial charge in [0.2, 0.25) is 0 Å². The van der Waals surface area contributed by atoms with E-state index in [9.17, 15) is 0 Å². The SMILES string of the molecule is CC1(C)CCCCC1(CN)N1CCc2sccc2C1. The molecule has 1 fully saturated rings. The van der Waals surface area contributed by atoms with Crippen LogP contribution in [-0.2, 0) is 13.0 Å². The maximum Gasteiger partial charge on any atom is 0.0386 e. The van der Waals surface area contributed by atoms with Gasteiger partial charge in [-0.25, -0.2) is 0 Å². The van der Waals surface area contributed by atoms with Gasteiger partial charge in [0.1, 0.15) is 0 Å². The van der Waals surface area contributed by atoms with Gasteiger partial charge in [-0.1, -0.05) is 26.7 Å². The molecule has 1 saturated carbocycles. The van der Waals surface area contributed by atoms with Crippen LogP contribution in [0, 0.1) is 5.41 Å². The third-order valence-electron chi connectivity index (χ3n) is 5.65. The number of hydrogen-bond donors (Lipinski definition) is 1. The fourth-order valence-electron chi connectivity index (χ4n) is 4.26. The lowest BCUT2D eigenvalue weighted by atomic mass is 9.62. The Hall–Kier alpha value is -0.380. The van der Waals surface area contributed by atoms with Gasteiger partial charge in [-0.05, 0) is 41.7 Å². The Kier molecular flexibility index (Phi) is 3.48. The molecule has 0 bridgehead atoms. The third kappa shape index (κ3) is 2.07. The summed E-state index contributed by atoms with van der Waals surface area (Å²) in [6.07, 6.45) is 6.51. The summed E-state index contributed by atoms with van der Waals surface area (Å²) in [5, 5.41) is 2.25. The second-order valence-corrected chi connectivity index (χ2v) is 7.87. The van der Waals surface area contributed by atoms with Crippen LogP contribution in [0.15, 0.2) is 11.4 Å². The fourth-order valence-corrected chi connectivity index (χ4v) is 5.15. The second-order valence-electron chi connectivity index (χ2n) is 6.87. The summed E-state index contributed by atoms with van der Waals surface area (Å²) in [6, 6.07) is 2.31. The normalized spacial score (nSPS) is 31.1. The molecule has 3 rings (SSSR count). The summed E-state index contributed by atoms with van der Waals surface area (Å²) < 4.78 is 0. The van der Waals surface area contributed by atoms with E-state index in [0.717, 1.165) is 13.1 Å². The van der Waals surface area contributed by atoms with E-state index in [0.29, 0.717) is 5.41 Å². The molecule has 1 atom stereocenters. The lowest BCUT2D eigenvalue weighted by molar-refractivity contribution is -0.0516. The molecule has 2 aliphatic rings. The first-order chi connectivity index (χ1) is 9.09. The molecule has 0 radical (unpaired) electrons. The van der Waals surface area contributed by atoms with Gasteiger partial charge >= 0.3 is 0 Å². The largest absolute Gasteiger partial charge is 0.329 e. The van der Waals surface area contributed by atoms with E-state index in [1.165, 1.54) is 38.6 Å². The highest BCUT2D eigenvalue weighted by Crippen LogP contribution is 2.48. The Morgan fingerprint density at radius 1 is 1.32 bits per heavy atom. The summed E-state index contributed by atoms with van der Waals surface area (Å²) in [7, 11) is 0. The molecule has 2 N–H and O–H groups in total. The van der Waals surface area contributed by atoms with Gasteiger partial charge in [-0.2, -0.15) is 0 Å². The van der Waals surface area contributed by atoms with Gasteiger partial charge in [0, 0.05) is 30.1 Å². The molecular formula is C16H26N2S. The predicted molar refractivity (Wildman–Crippen MR) is 82.5 cm³/mol. The average molecular weight is 278 g/mol. The van der Waals surface area contributed by atoms with Crippen LogP contribution in [0.1, 0.15) is 50.0 Å². The Morgan fingerprint density at radius 3 is 2.84 bits per heavy atom. The van der Waals surface area contributed by atoms with Crippen LogP contribution >= 0.6 is 11.3 Å². The van der Waals surface area contributed by atoms with E-state index in [1.54, 1.807) is 10.4 Å². The Labute approximate surface area is 121 Å². The van der Waals surface area contributed by atoms with Crippen LogP contribution in [0.25, 0.3) is 0 Å². The average Bonchev–Trinajstić information content (AvgIpc) is 2.86. The van der Waals surface area contributed by atoms with Crippen LogP contribution in [-0.4, -0.2) is 23.5 Å². The lowest BCUT2D eigenvalue weighted by Crippen LogP contribution is -2.64. The second kappa shape index (κ2) is 4.87. The van der Waals surface area contributed by atoms with Gasteiger partial charge in [-0.3, -0.25) is 4.90 Å². The first-order valence-corrected chi connectivity index (χ1v) is 8.47. The molecule has 1 aromatic rings. The molecule has 19 heavy (non-hydrogen) atoms. The van der Waals surface area contributed by atoms with Gasteiger partial charge in [0.05, 0.1) is 0 Å². The van der Waals surface area contributed by atoms with E-state index in [-0.39, 0.29) is 5.54 Å². The maximum atomic E-state index is 6.30. The van der Waals surface area contributed by atoms with Crippen molar-refractivity contribution in [1.82, 2.24) is 4.90 Å². The molecule has 0 aromatic carbocycles. The molecule has 2 heterocycles.